The van der Waals surface area contributed by atoms with E-state index in [2.05, 4.69) is 5.32 Å². The van der Waals surface area contributed by atoms with E-state index in [0.29, 0.717) is 13.1 Å². The van der Waals surface area contributed by atoms with E-state index in [1.165, 1.54) is 0 Å². The van der Waals surface area contributed by atoms with Crippen molar-refractivity contribution in [2.24, 2.45) is 0 Å². The molecule has 1 N–H and O–H groups in total. The van der Waals surface area contributed by atoms with Crippen LogP contribution in [0.5, 0.6) is 0 Å². The zero-order valence-electron chi connectivity index (χ0n) is 9.27. The molecular formula is C10H19F3N2. The van der Waals surface area contributed by atoms with Gasteiger partial charge in [0.15, 0.2) is 0 Å². The maximum Gasteiger partial charge on any atom is 0.401 e. The number of rotatable bonds is 3. The van der Waals surface area contributed by atoms with Gasteiger partial charge in [0, 0.05) is 25.2 Å². The van der Waals surface area contributed by atoms with Gasteiger partial charge >= 0.3 is 6.18 Å². The van der Waals surface area contributed by atoms with Crippen LogP contribution in [0.25, 0.3) is 0 Å². The monoisotopic (exact) mass is 224 g/mol. The van der Waals surface area contributed by atoms with Crippen LogP contribution in [0.3, 0.4) is 0 Å². The molecule has 1 aliphatic rings. The van der Waals surface area contributed by atoms with Gasteiger partial charge in [0.25, 0.3) is 0 Å². The maximum absolute atomic E-state index is 12.3. The fourth-order valence-electron chi connectivity index (χ4n) is 2.07. The van der Waals surface area contributed by atoms with E-state index in [1.54, 1.807) is 4.90 Å². The number of nitrogens with zero attached hydrogens (tertiary/aromatic N) is 1. The molecule has 0 bridgehead atoms. The van der Waals surface area contributed by atoms with Crippen LogP contribution in [0, 0.1) is 0 Å². The Kier molecular flexibility index (Phi) is 4.40. The van der Waals surface area contributed by atoms with Crippen molar-refractivity contribution in [1.29, 1.82) is 0 Å². The number of piperazine rings is 1. The summed E-state index contributed by atoms with van der Waals surface area (Å²) in [6.07, 6.45) is -2.33. The molecule has 0 aromatic carbocycles. The van der Waals surface area contributed by atoms with Crippen LogP contribution < -0.4 is 5.32 Å². The van der Waals surface area contributed by atoms with Crippen LogP contribution in [0.4, 0.5) is 13.2 Å². The van der Waals surface area contributed by atoms with Crippen molar-refractivity contribution < 1.29 is 13.2 Å². The molecule has 2 nitrogen and oxygen atoms in total. The topological polar surface area (TPSA) is 15.3 Å². The first-order valence-electron chi connectivity index (χ1n) is 5.46. The number of nitrogens with one attached hydrogen (secondary N) is 1. The lowest BCUT2D eigenvalue weighted by Crippen LogP contribution is -2.57. The summed E-state index contributed by atoms with van der Waals surface area (Å²) in [6, 6.07) is 0.188. The highest BCUT2D eigenvalue weighted by atomic mass is 19.4. The van der Waals surface area contributed by atoms with E-state index in [9.17, 15) is 13.2 Å². The Morgan fingerprint density at radius 1 is 1.40 bits per heavy atom. The first-order valence-corrected chi connectivity index (χ1v) is 5.46. The predicted octanol–water partition coefficient (Wildman–Crippen LogP) is 2.01. The van der Waals surface area contributed by atoms with E-state index in [4.69, 9.17) is 0 Å². The Hall–Kier alpha value is -0.290. The van der Waals surface area contributed by atoms with Gasteiger partial charge in [0.1, 0.15) is 0 Å². The normalized spacial score (nSPS) is 29.4. The molecule has 0 saturated carbocycles. The van der Waals surface area contributed by atoms with Crippen molar-refractivity contribution in [3.8, 4) is 0 Å². The highest BCUT2D eigenvalue weighted by Gasteiger charge is 2.35. The molecule has 0 spiro atoms. The lowest BCUT2D eigenvalue weighted by atomic mass is 10.1. The van der Waals surface area contributed by atoms with Crippen molar-refractivity contribution in [1.82, 2.24) is 10.2 Å². The molecule has 1 aliphatic heterocycles. The number of hydrogen-bond donors (Lipinski definition) is 1. The lowest BCUT2D eigenvalue weighted by Gasteiger charge is -2.39. The summed E-state index contributed by atoms with van der Waals surface area (Å²) >= 11 is 0. The molecule has 0 aromatic heterocycles. The van der Waals surface area contributed by atoms with Crippen molar-refractivity contribution in [2.45, 2.75) is 44.9 Å². The molecule has 1 fully saturated rings. The molecule has 0 aliphatic carbocycles. The first kappa shape index (κ1) is 12.8. The summed E-state index contributed by atoms with van der Waals surface area (Å²) in [5.74, 6) is 0. The molecule has 0 aromatic rings. The molecule has 90 valence electrons. The van der Waals surface area contributed by atoms with E-state index in [-0.39, 0.29) is 12.1 Å². The van der Waals surface area contributed by atoms with Crippen LogP contribution in [0.2, 0.25) is 0 Å². The standard InChI is InChI=1S/C10H19F3N2/c1-3-4-9-5-14-8(2)6-15(9)7-10(11,12)13/h8-9,14H,3-7H2,1-2H3. The minimum atomic E-state index is -4.08. The van der Waals surface area contributed by atoms with Gasteiger partial charge in [-0.1, -0.05) is 13.3 Å². The maximum atomic E-state index is 12.3. The third kappa shape index (κ3) is 4.38. The number of hydrogen-bond acceptors (Lipinski definition) is 2. The summed E-state index contributed by atoms with van der Waals surface area (Å²) in [5.41, 5.74) is 0. The smallest absolute Gasteiger partial charge is 0.311 e. The Labute approximate surface area is 88.8 Å². The summed E-state index contributed by atoms with van der Waals surface area (Å²) in [4.78, 5) is 1.56. The van der Waals surface area contributed by atoms with Crippen LogP contribution >= 0.6 is 0 Å². The largest absolute Gasteiger partial charge is 0.401 e. The van der Waals surface area contributed by atoms with Gasteiger partial charge in [-0.15, -0.1) is 0 Å². The van der Waals surface area contributed by atoms with Crippen molar-refractivity contribution >= 4 is 0 Å². The van der Waals surface area contributed by atoms with Gasteiger partial charge in [-0.05, 0) is 13.3 Å². The Morgan fingerprint density at radius 2 is 2.07 bits per heavy atom. The minimum Gasteiger partial charge on any atom is -0.311 e. The second-order valence-corrected chi connectivity index (χ2v) is 4.30. The number of alkyl halides is 3. The van der Waals surface area contributed by atoms with Crippen molar-refractivity contribution in [3.63, 3.8) is 0 Å². The summed E-state index contributed by atoms with van der Waals surface area (Å²) in [5, 5.41) is 3.22. The zero-order chi connectivity index (χ0) is 11.5. The lowest BCUT2D eigenvalue weighted by molar-refractivity contribution is -0.154. The summed E-state index contributed by atoms with van der Waals surface area (Å²) in [7, 11) is 0. The van der Waals surface area contributed by atoms with Gasteiger partial charge in [-0.2, -0.15) is 13.2 Å². The molecule has 1 saturated heterocycles. The molecule has 0 radical (unpaired) electrons. The molecule has 5 heteroatoms. The first-order chi connectivity index (χ1) is 6.92. The van der Waals surface area contributed by atoms with Gasteiger partial charge in [0.05, 0.1) is 6.54 Å². The second-order valence-electron chi connectivity index (χ2n) is 4.30. The molecule has 2 unspecified atom stereocenters. The average molecular weight is 224 g/mol. The van der Waals surface area contributed by atoms with Crippen LogP contribution in [-0.4, -0.2) is 42.8 Å². The van der Waals surface area contributed by atoms with E-state index < -0.39 is 12.7 Å². The van der Waals surface area contributed by atoms with Crippen molar-refractivity contribution in [3.05, 3.63) is 0 Å². The summed E-state index contributed by atoms with van der Waals surface area (Å²) in [6.45, 7) is 4.31. The quantitative estimate of drug-likeness (QED) is 0.789. The Morgan fingerprint density at radius 3 is 2.60 bits per heavy atom. The zero-order valence-corrected chi connectivity index (χ0v) is 9.27. The molecule has 0 amide bonds. The van der Waals surface area contributed by atoms with Gasteiger partial charge in [0.2, 0.25) is 0 Å². The molecular weight excluding hydrogens is 205 g/mol. The van der Waals surface area contributed by atoms with E-state index >= 15 is 0 Å². The fraction of sp³-hybridized carbons (Fsp3) is 1.00. The van der Waals surface area contributed by atoms with E-state index in [0.717, 1.165) is 12.8 Å². The van der Waals surface area contributed by atoms with E-state index in [1.807, 2.05) is 13.8 Å². The second kappa shape index (κ2) is 5.16. The fourth-order valence-corrected chi connectivity index (χ4v) is 2.07. The van der Waals surface area contributed by atoms with Gasteiger partial charge in [-0.25, -0.2) is 0 Å². The molecule has 1 rings (SSSR count). The molecule has 1 heterocycles. The third-order valence-electron chi connectivity index (χ3n) is 2.73. The van der Waals surface area contributed by atoms with Crippen LogP contribution in [-0.2, 0) is 0 Å². The van der Waals surface area contributed by atoms with Crippen LogP contribution in [0.1, 0.15) is 26.7 Å². The Bertz CT molecular complexity index is 194. The van der Waals surface area contributed by atoms with Gasteiger partial charge in [-0.3, -0.25) is 4.90 Å². The average Bonchev–Trinajstić information content (AvgIpc) is 2.07. The van der Waals surface area contributed by atoms with Crippen LogP contribution in [0.15, 0.2) is 0 Å². The Balaban J connectivity index is 2.54. The third-order valence-corrected chi connectivity index (χ3v) is 2.73. The molecule has 2 atom stereocenters. The summed E-state index contributed by atoms with van der Waals surface area (Å²) < 4.78 is 37.0. The SMILES string of the molecule is CCCC1CNC(C)CN1CC(F)(F)F. The highest BCUT2D eigenvalue weighted by molar-refractivity contribution is 4.84. The number of halogens is 3. The molecule has 15 heavy (non-hydrogen) atoms. The van der Waals surface area contributed by atoms with Gasteiger partial charge < -0.3 is 5.32 Å². The van der Waals surface area contributed by atoms with Crippen molar-refractivity contribution in [2.75, 3.05) is 19.6 Å². The minimum absolute atomic E-state index is 0.0350. The predicted molar refractivity (Wildman–Crippen MR) is 53.8 cm³/mol. The highest BCUT2D eigenvalue weighted by Crippen LogP contribution is 2.21.